The van der Waals surface area contributed by atoms with Crippen LogP contribution >= 0.6 is 11.3 Å². The molecule has 0 aromatic carbocycles. The van der Waals surface area contributed by atoms with Gasteiger partial charge in [0.15, 0.2) is 0 Å². The van der Waals surface area contributed by atoms with Crippen molar-refractivity contribution in [2.45, 2.75) is 39.7 Å². The Bertz CT molecular complexity index is 585. The Morgan fingerprint density at radius 2 is 2.14 bits per heavy atom. The highest BCUT2D eigenvalue weighted by molar-refractivity contribution is 7.11. The van der Waals surface area contributed by atoms with Crippen molar-refractivity contribution in [3.05, 3.63) is 33.7 Å². The number of hydrogen-bond acceptors (Lipinski definition) is 6. The number of ether oxygens (including phenoxy) is 1. The van der Waals surface area contributed by atoms with Crippen LogP contribution < -0.4 is 10.1 Å². The lowest BCUT2D eigenvalue weighted by Crippen LogP contribution is -2.24. The first kappa shape index (κ1) is 15.9. The zero-order valence-electron chi connectivity index (χ0n) is 13.0. The van der Waals surface area contributed by atoms with Crippen LogP contribution in [0.15, 0.2) is 12.4 Å². The molecule has 2 rings (SSSR count). The van der Waals surface area contributed by atoms with Crippen LogP contribution in [0.25, 0.3) is 0 Å². The molecule has 0 bridgehead atoms. The van der Waals surface area contributed by atoms with E-state index in [-0.39, 0.29) is 6.04 Å². The van der Waals surface area contributed by atoms with Crippen LogP contribution in [0.5, 0.6) is 5.88 Å². The van der Waals surface area contributed by atoms with Crippen LogP contribution in [0, 0.1) is 13.8 Å². The van der Waals surface area contributed by atoms with Crippen molar-refractivity contribution in [2.24, 2.45) is 0 Å². The van der Waals surface area contributed by atoms with Crippen LogP contribution in [0.4, 0.5) is 0 Å². The van der Waals surface area contributed by atoms with E-state index < -0.39 is 0 Å². The lowest BCUT2D eigenvalue weighted by atomic mass is 10.1. The predicted molar refractivity (Wildman–Crippen MR) is 84.9 cm³/mol. The second kappa shape index (κ2) is 7.47. The van der Waals surface area contributed by atoms with Gasteiger partial charge in [-0.25, -0.2) is 15.0 Å². The van der Waals surface area contributed by atoms with E-state index in [0.29, 0.717) is 5.88 Å². The molecule has 1 unspecified atom stereocenters. The topological polar surface area (TPSA) is 59.9 Å². The summed E-state index contributed by atoms with van der Waals surface area (Å²) in [5, 5.41) is 4.70. The van der Waals surface area contributed by atoms with E-state index in [4.69, 9.17) is 4.74 Å². The molecule has 0 amide bonds. The molecule has 0 saturated carbocycles. The average Bonchev–Trinajstić information content (AvgIpc) is 2.82. The SMILES string of the molecule is CCCNC(Cc1cc(OC)ncn1)c1sc(C)nc1C. The third-order valence-electron chi connectivity index (χ3n) is 3.22. The molecule has 0 saturated heterocycles. The number of hydrogen-bond donors (Lipinski definition) is 1. The molecule has 0 aliphatic carbocycles. The number of aryl methyl sites for hydroxylation is 2. The number of aromatic nitrogens is 3. The molecule has 1 atom stereocenters. The zero-order valence-corrected chi connectivity index (χ0v) is 13.8. The minimum atomic E-state index is 0.232. The van der Waals surface area contributed by atoms with Crippen molar-refractivity contribution >= 4 is 11.3 Å². The molecule has 21 heavy (non-hydrogen) atoms. The van der Waals surface area contributed by atoms with Gasteiger partial charge < -0.3 is 10.1 Å². The van der Waals surface area contributed by atoms with Crippen molar-refractivity contribution in [1.82, 2.24) is 20.3 Å². The van der Waals surface area contributed by atoms with Crippen LogP contribution in [0.3, 0.4) is 0 Å². The largest absolute Gasteiger partial charge is 0.481 e. The van der Waals surface area contributed by atoms with E-state index in [1.165, 1.54) is 4.88 Å². The molecule has 2 aromatic heterocycles. The van der Waals surface area contributed by atoms with Gasteiger partial charge in [-0.05, 0) is 26.8 Å². The lowest BCUT2D eigenvalue weighted by molar-refractivity contribution is 0.395. The highest BCUT2D eigenvalue weighted by Gasteiger charge is 2.18. The molecule has 0 radical (unpaired) electrons. The van der Waals surface area contributed by atoms with Gasteiger partial charge in [0.1, 0.15) is 6.33 Å². The van der Waals surface area contributed by atoms with Crippen molar-refractivity contribution < 1.29 is 4.74 Å². The number of nitrogens with one attached hydrogen (secondary N) is 1. The maximum atomic E-state index is 5.17. The zero-order chi connectivity index (χ0) is 15.2. The third kappa shape index (κ3) is 4.22. The molecule has 0 spiro atoms. The van der Waals surface area contributed by atoms with E-state index in [1.807, 2.05) is 13.0 Å². The molecule has 0 aliphatic heterocycles. The van der Waals surface area contributed by atoms with Gasteiger partial charge in [-0.2, -0.15) is 0 Å². The van der Waals surface area contributed by atoms with Crippen molar-refractivity contribution in [2.75, 3.05) is 13.7 Å². The minimum absolute atomic E-state index is 0.232. The molecule has 1 N–H and O–H groups in total. The summed E-state index contributed by atoms with van der Waals surface area (Å²) in [5.41, 5.74) is 2.08. The fourth-order valence-electron chi connectivity index (χ4n) is 2.26. The van der Waals surface area contributed by atoms with Gasteiger partial charge in [-0.3, -0.25) is 0 Å². The molecular weight excluding hydrogens is 284 g/mol. The lowest BCUT2D eigenvalue weighted by Gasteiger charge is -2.17. The van der Waals surface area contributed by atoms with Crippen LogP contribution in [0.1, 0.15) is 40.7 Å². The standard InChI is InChI=1S/C15H22N4OS/c1-5-6-16-13(15-10(2)19-11(3)21-15)7-12-8-14(20-4)18-9-17-12/h8-9,13,16H,5-7H2,1-4H3. The van der Waals surface area contributed by atoms with E-state index in [2.05, 4.69) is 34.1 Å². The van der Waals surface area contributed by atoms with Gasteiger partial charge >= 0.3 is 0 Å². The third-order valence-corrected chi connectivity index (χ3v) is 4.40. The number of methoxy groups -OCH3 is 1. The van der Waals surface area contributed by atoms with E-state index >= 15 is 0 Å². The minimum Gasteiger partial charge on any atom is -0.481 e. The average molecular weight is 306 g/mol. The smallest absolute Gasteiger partial charge is 0.216 e. The van der Waals surface area contributed by atoms with Gasteiger partial charge in [-0.1, -0.05) is 6.92 Å². The maximum Gasteiger partial charge on any atom is 0.216 e. The Labute approximate surface area is 129 Å². The van der Waals surface area contributed by atoms with Gasteiger partial charge in [0, 0.05) is 29.1 Å². The Kier molecular flexibility index (Phi) is 5.64. The van der Waals surface area contributed by atoms with Crippen molar-refractivity contribution in [1.29, 1.82) is 0 Å². The van der Waals surface area contributed by atoms with E-state index in [9.17, 15) is 0 Å². The summed E-state index contributed by atoms with van der Waals surface area (Å²) >= 11 is 1.75. The number of nitrogens with zero attached hydrogens (tertiary/aromatic N) is 3. The summed E-state index contributed by atoms with van der Waals surface area (Å²) in [6.07, 6.45) is 3.46. The van der Waals surface area contributed by atoms with Gasteiger partial charge in [-0.15, -0.1) is 11.3 Å². The quantitative estimate of drug-likeness (QED) is 0.852. The normalized spacial score (nSPS) is 12.4. The van der Waals surface area contributed by atoms with Crippen molar-refractivity contribution in [3.8, 4) is 5.88 Å². The molecule has 2 aromatic rings. The summed E-state index contributed by atoms with van der Waals surface area (Å²) in [6, 6.07) is 2.12. The molecular formula is C15H22N4OS. The Hall–Kier alpha value is -1.53. The monoisotopic (exact) mass is 306 g/mol. The molecule has 5 nitrogen and oxygen atoms in total. The van der Waals surface area contributed by atoms with Gasteiger partial charge in [0.05, 0.1) is 17.8 Å². The summed E-state index contributed by atoms with van der Waals surface area (Å²) in [5.74, 6) is 0.603. The van der Waals surface area contributed by atoms with E-state index in [1.54, 1.807) is 24.8 Å². The van der Waals surface area contributed by atoms with Crippen LogP contribution in [0.2, 0.25) is 0 Å². The summed E-state index contributed by atoms with van der Waals surface area (Å²) in [4.78, 5) is 14.2. The molecule has 0 fully saturated rings. The first-order chi connectivity index (χ1) is 10.1. The first-order valence-electron chi connectivity index (χ1n) is 7.16. The highest BCUT2D eigenvalue weighted by Crippen LogP contribution is 2.27. The van der Waals surface area contributed by atoms with Gasteiger partial charge in [0.2, 0.25) is 5.88 Å². The predicted octanol–water partition coefficient (Wildman–Crippen LogP) is 2.84. The Balaban J connectivity index is 2.21. The van der Waals surface area contributed by atoms with Crippen LogP contribution in [-0.4, -0.2) is 28.6 Å². The molecule has 2 heterocycles. The maximum absolute atomic E-state index is 5.17. The number of rotatable bonds is 7. The molecule has 0 aliphatic rings. The summed E-state index contributed by atoms with van der Waals surface area (Å²) in [7, 11) is 1.62. The fourth-order valence-corrected chi connectivity index (χ4v) is 3.26. The van der Waals surface area contributed by atoms with Gasteiger partial charge in [0.25, 0.3) is 0 Å². The molecule has 6 heteroatoms. The van der Waals surface area contributed by atoms with Crippen molar-refractivity contribution in [3.63, 3.8) is 0 Å². The fraction of sp³-hybridized carbons (Fsp3) is 0.533. The second-order valence-corrected chi connectivity index (χ2v) is 6.18. The Morgan fingerprint density at radius 1 is 1.33 bits per heavy atom. The Morgan fingerprint density at radius 3 is 2.76 bits per heavy atom. The highest BCUT2D eigenvalue weighted by atomic mass is 32.1. The molecule has 114 valence electrons. The first-order valence-corrected chi connectivity index (χ1v) is 7.98. The van der Waals surface area contributed by atoms with Crippen LogP contribution in [-0.2, 0) is 6.42 Å². The second-order valence-electron chi connectivity index (χ2n) is 4.95. The number of thiazole rings is 1. The summed E-state index contributed by atoms with van der Waals surface area (Å²) < 4.78 is 5.17. The van der Waals surface area contributed by atoms with E-state index in [0.717, 1.165) is 35.8 Å². The summed E-state index contributed by atoms with van der Waals surface area (Å²) in [6.45, 7) is 7.26.